The number of aromatic nitrogens is 3. The van der Waals surface area contributed by atoms with Crippen LogP contribution < -0.4 is 10.5 Å². The van der Waals surface area contributed by atoms with Gasteiger partial charge in [0.2, 0.25) is 5.88 Å². The van der Waals surface area contributed by atoms with Crippen LogP contribution in [-0.2, 0) is 13.5 Å². The number of benzene rings is 2. The zero-order valence-corrected chi connectivity index (χ0v) is 16.9. The van der Waals surface area contributed by atoms with Crippen molar-refractivity contribution in [3.05, 3.63) is 83.8 Å². The maximum absolute atomic E-state index is 13.6. The zero-order valence-electron chi connectivity index (χ0n) is 16.9. The Morgan fingerprint density at radius 1 is 1.10 bits per heavy atom. The van der Waals surface area contributed by atoms with E-state index in [0.717, 1.165) is 17.5 Å². The van der Waals surface area contributed by atoms with Crippen LogP contribution in [0.3, 0.4) is 0 Å². The zero-order chi connectivity index (χ0) is 21.8. The number of ether oxygens (including phenoxy) is 1. The third kappa shape index (κ3) is 4.44. The first-order chi connectivity index (χ1) is 15.1. The van der Waals surface area contributed by atoms with Crippen LogP contribution in [0.15, 0.2) is 66.9 Å². The van der Waals surface area contributed by atoms with Crippen LogP contribution in [0.1, 0.15) is 11.1 Å². The molecule has 7 heteroatoms. The van der Waals surface area contributed by atoms with E-state index in [9.17, 15) is 9.65 Å². The van der Waals surface area contributed by atoms with Gasteiger partial charge < -0.3 is 10.5 Å². The molecule has 0 saturated heterocycles. The molecule has 6 nitrogen and oxygen atoms in total. The summed E-state index contributed by atoms with van der Waals surface area (Å²) in [5.74, 6) is 0.598. The maximum atomic E-state index is 13.6. The molecule has 4 rings (SSSR count). The molecule has 154 valence electrons. The summed E-state index contributed by atoms with van der Waals surface area (Å²) in [6.45, 7) is 0.556. The lowest BCUT2D eigenvalue weighted by Crippen LogP contribution is -2.03. The van der Waals surface area contributed by atoms with Crippen molar-refractivity contribution in [2.24, 2.45) is 12.8 Å². The van der Waals surface area contributed by atoms with Crippen LogP contribution in [0.25, 0.3) is 22.5 Å². The average molecular weight is 413 g/mol. The van der Waals surface area contributed by atoms with E-state index in [1.54, 1.807) is 48.3 Å². The molecule has 0 radical (unpaired) electrons. The average Bonchev–Trinajstić information content (AvgIpc) is 3.15. The van der Waals surface area contributed by atoms with Gasteiger partial charge in [-0.1, -0.05) is 18.2 Å². The molecule has 0 saturated carbocycles. The second kappa shape index (κ2) is 8.78. The van der Waals surface area contributed by atoms with E-state index in [1.165, 1.54) is 12.1 Å². The van der Waals surface area contributed by atoms with E-state index in [-0.39, 0.29) is 5.82 Å². The summed E-state index contributed by atoms with van der Waals surface area (Å²) in [6, 6.07) is 19.2. The van der Waals surface area contributed by atoms with Gasteiger partial charge in [0.1, 0.15) is 11.6 Å². The van der Waals surface area contributed by atoms with E-state index < -0.39 is 0 Å². The van der Waals surface area contributed by atoms with E-state index in [1.807, 2.05) is 18.2 Å². The predicted octanol–water partition coefficient (Wildman–Crippen LogP) is 4.45. The number of rotatable bonds is 6. The third-order valence-corrected chi connectivity index (χ3v) is 4.82. The Morgan fingerprint density at radius 3 is 2.68 bits per heavy atom. The number of hydrogen-bond donors (Lipinski definition) is 1. The van der Waals surface area contributed by atoms with E-state index in [2.05, 4.69) is 16.2 Å². The highest BCUT2D eigenvalue weighted by atomic mass is 19.1. The molecule has 31 heavy (non-hydrogen) atoms. The van der Waals surface area contributed by atoms with Gasteiger partial charge >= 0.3 is 0 Å². The van der Waals surface area contributed by atoms with Crippen molar-refractivity contribution in [3.8, 4) is 40.2 Å². The number of halogens is 1. The highest BCUT2D eigenvalue weighted by Crippen LogP contribution is 2.34. The molecule has 0 spiro atoms. The predicted molar refractivity (Wildman–Crippen MR) is 116 cm³/mol. The van der Waals surface area contributed by atoms with Gasteiger partial charge in [-0.25, -0.2) is 9.07 Å². The third-order valence-electron chi connectivity index (χ3n) is 4.82. The quantitative estimate of drug-likeness (QED) is 0.504. The number of nitrogens with zero attached hydrogens (tertiary/aromatic N) is 4. The standard InChI is InChI=1S/C24H20FN5O/c1-30-24(13-22(29-30)18-3-2-4-19(25)12-18)31-23-11-17(14-27)5-7-20(23)21-8-6-16(9-10-26)15-28-21/h2-8,11-13,15H,9-10,26H2,1H3. The maximum Gasteiger partial charge on any atom is 0.218 e. The second-order valence-corrected chi connectivity index (χ2v) is 7.02. The van der Waals surface area contributed by atoms with Crippen molar-refractivity contribution in [1.82, 2.24) is 14.8 Å². The molecule has 0 aliphatic heterocycles. The Balaban J connectivity index is 1.70. The first-order valence-corrected chi connectivity index (χ1v) is 9.74. The Labute approximate surface area is 179 Å². The molecule has 0 unspecified atom stereocenters. The van der Waals surface area contributed by atoms with Gasteiger partial charge in [0.05, 0.1) is 23.0 Å². The molecule has 0 aliphatic carbocycles. The molecule has 2 heterocycles. The summed E-state index contributed by atoms with van der Waals surface area (Å²) in [4.78, 5) is 4.53. The van der Waals surface area contributed by atoms with Crippen LogP contribution in [0.4, 0.5) is 4.39 Å². The van der Waals surface area contributed by atoms with Crippen molar-refractivity contribution in [2.45, 2.75) is 6.42 Å². The summed E-state index contributed by atoms with van der Waals surface area (Å²) in [7, 11) is 1.74. The van der Waals surface area contributed by atoms with Crippen molar-refractivity contribution < 1.29 is 9.13 Å². The van der Waals surface area contributed by atoms with Gasteiger partial charge in [0.25, 0.3) is 0 Å². The van der Waals surface area contributed by atoms with Gasteiger partial charge in [-0.3, -0.25) is 4.98 Å². The van der Waals surface area contributed by atoms with Crippen LogP contribution in [-0.4, -0.2) is 21.3 Å². The molecular formula is C24H20FN5O. The highest BCUT2D eigenvalue weighted by Gasteiger charge is 2.15. The number of hydrogen-bond acceptors (Lipinski definition) is 5. The number of nitriles is 1. The Bertz CT molecular complexity index is 1260. The lowest BCUT2D eigenvalue weighted by atomic mass is 10.1. The molecule has 0 amide bonds. The molecule has 0 fully saturated rings. The summed E-state index contributed by atoms with van der Waals surface area (Å²) < 4.78 is 21.3. The molecule has 0 atom stereocenters. The van der Waals surface area contributed by atoms with Gasteiger partial charge in [0, 0.05) is 30.4 Å². The van der Waals surface area contributed by atoms with Gasteiger partial charge in [-0.05, 0) is 54.9 Å². The number of nitrogens with two attached hydrogens (primary N) is 1. The first kappa shape index (κ1) is 20.3. The summed E-state index contributed by atoms with van der Waals surface area (Å²) in [6.07, 6.45) is 2.54. The Hall–Kier alpha value is -4.02. The lowest BCUT2D eigenvalue weighted by Gasteiger charge is -2.11. The van der Waals surface area contributed by atoms with Crippen LogP contribution >= 0.6 is 0 Å². The smallest absolute Gasteiger partial charge is 0.218 e. The van der Waals surface area contributed by atoms with Crippen molar-refractivity contribution in [3.63, 3.8) is 0 Å². The number of pyridine rings is 1. The van der Waals surface area contributed by atoms with Crippen molar-refractivity contribution >= 4 is 0 Å². The largest absolute Gasteiger partial charge is 0.439 e. The fourth-order valence-corrected chi connectivity index (χ4v) is 3.23. The minimum absolute atomic E-state index is 0.334. The van der Waals surface area contributed by atoms with Gasteiger partial charge in [-0.15, -0.1) is 0 Å². The monoisotopic (exact) mass is 413 g/mol. The first-order valence-electron chi connectivity index (χ1n) is 9.74. The van der Waals surface area contributed by atoms with E-state index in [0.29, 0.717) is 40.7 Å². The fourth-order valence-electron chi connectivity index (χ4n) is 3.23. The minimum atomic E-state index is -0.334. The molecule has 2 aromatic carbocycles. The molecule has 4 aromatic rings. The van der Waals surface area contributed by atoms with Crippen molar-refractivity contribution in [2.75, 3.05) is 6.54 Å². The Kier molecular flexibility index (Phi) is 5.74. The highest BCUT2D eigenvalue weighted by molar-refractivity contribution is 5.69. The Morgan fingerprint density at radius 2 is 1.97 bits per heavy atom. The van der Waals surface area contributed by atoms with E-state index in [4.69, 9.17) is 10.5 Å². The molecule has 0 aliphatic rings. The summed E-state index contributed by atoms with van der Waals surface area (Å²) in [5, 5.41) is 13.8. The van der Waals surface area contributed by atoms with Crippen molar-refractivity contribution in [1.29, 1.82) is 5.26 Å². The normalized spacial score (nSPS) is 10.6. The lowest BCUT2D eigenvalue weighted by molar-refractivity contribution is 0.432. The molecular weight excluding hydrogens is 393 g/mol. The van der Waals surface area contributed by atoms with Gasteiger partial charge in [-0.2, -0.15) is 10.4 Å². The second-order valence-electron chi connectivity index (χ2n) is 7.02. The van der Waals surface area contributed by atoms with Crippen LogP contribution in [0.2, 0.25) is 0 Å². The van der Waals surface area contributed by atoms with Gasteiger partial charge in [0.15, 0.2) is 0 Å². The summed E-state index contributed by atoms with van der Waals surface area (Å²) in [5.41, 5.74) is 9.81. The topological polar surface area (TPSA) is 89.8 Å². The molecule has 2 N–H and O–H groups in total. The fraction of sp³-hybridized carbons (Fsp3) is 0.125. The molecule has 0 bridgehead atoms. The summed E-state index contributed by atoms with van der Waals surface area (Å²) >= 11 is 0. The number of aryl methyl sites for hydroxylation is 1. The van der Waals surface area contributed by atoms with Crippen LogP contribution in [0, 0.1) is 17.1 Å². The SMILES string of the molecule is Cn1nc(-c2cccc(F)c2)cc1Oc1cc(C#N)ccc1-c1ccc(CCN)cn1. The van der Waals surface area contributed by atoms with E-state index >= 15 is 0 Å². The minimum Gasteiger partial charge on any atom is -0.439 e. The van der Waals surface area contributed by atoms with Crippen LogP contribution in [0.5, 0.6) is 11.6 Å². The molecule has 2 aromatic heterocycles.